The average Bonchev–Trinajstić information content (AvgIpc) is 3.16. The highest BCUT2D eigenvalue weighted by Crippen LogP contribution is 2.20. The van der Waals surface area contributed by atoms with Gasteiger partial charge in [0, 0.05) is 28.3 Å². The fraction of sp³-hybridized carbons (Fsp3) is 0.0556. The van der Waals surface area contributed by atoms with Crippen LogP contribution in [0.15, 0.2) is 47.6 Å². The summed E-state index contributed by atoms with van der Waals surface area (Å²) < 4.78 is 0. The molecule has 1 aromatic heterocycles. The lowest BCUT2D eigenvalue weighted by atomic mass is 10.2. The van der Waals surface area contributed by atoms with Crippen LogP contribution in [-0.2, 0) is 11.2 Å². The molecule has 0 radical (unpaired) electrons. The van der Waals surface area contributed by atoms with Crippen LogP contribution in [0, 0.1) is 10.1 Å². The molecule has 0 unspecified atom stereocenters. The van der Waals surface area contributed by atoms with E-state index in [0.29, 0.717) is 20.6 Å². The first kappa shape index (κ1) is 22.3. The monoisotopic (exact) mass is 478 g/mol. The van der Waals surface area contributed by atoms with Crippen LogP contribution in [0.5, 0.6) is 0 Å². The molecule has 2 aromatic carbocycles. The molecular formula is C18H12Cl2N6O4S. The minimum atomic E-state index is -0.558. The standard InChI is InChI=1S/C18H12Cl2N6O4S/c19-12-4-1-11(14(20)7-12)9-21-23-15(27)8-16-24-25-18(31-16)22-17(28)10-2-5-13(6-3-10)26(29)30/h1-7,9H,8H2,(H,23,27)(H,22,25,28)/b21-9+. The highest BCUT2D eigenvalue weighted by molar-refractivity contribution is 7.15. The zero-order valence-corrected chi connectivity index (χ0v) is 17.7. The number of carbonyl (C=O) groups excluding carboxylic acids is 2. The fourth-order valence-electron chi connectivity index (χ4n) is 2.24. The molecule has 0 spiro atoms. The number of aromatic nitrogens is 2. The first-order valence-corrected chi connectivity index (χ1v) is 10.0. The molecule has 2 N–H and O–H groups in total. The van der Waals surface area contributed by atoms with Crippen LogP contribution in [0.3, 0.4) is 0 Å². The summed E-state index contributed by atoms with van der Waals surface area (Å²) in [6.45, 7) is 0. The Morgan fingerprint density at radius 2 is 1.90 bits per heavy atom. The molecule has 0 aliphatic carbocycles. The van der Waals surface area contributed by atoms with Crippen molar-refractivity contribution in [2.24, 2.45) is 5.10 Å². The van der Waals surface area contributed by atoms with E-state index in [1.165, 1.54) is 30.5 Å². The number of non-ortho nitro benzene ring substituents is 1. The molecule has 0 aliphatic heterocycles. The summed E-state index contributed by atoms with van der Waals surface area (Å²) in [5.41, 5.74) is 3.02. The van der Waals surface area contributed by atoms with Crippen molar-refractivity contribution in [2.45, 2.75) is 6.42 Å². The van der Waals surface area contributed by atoms with Gasteiger partial charge in [0.05, 0.1) is 22.6 Å². The van der Waals surface area contributed by atoms with Crippen molar-refractivity contribution in [3.63, 3.8) is 0 Å². The van der Waals surface area contributed by atoms with E-state index < -0.39 is 16.7 Å². The van der Waals surface area contributed by atoms with Crippen molar-refractivity contribution in [3.05, 3.63) is 78.8 Å². The molecule has 31 heavy (non-hydrogen) atoms. The predicted molar refractivity (Wildman–Crippen MR) is 117 cm³/mol. The van der Waals surface area contributed by atoms with E-state index in [-0.39, 0.29) is 22.8 Å². The maximum absolute atomic E-state index is 12.2. The Hall–Kier alpha value is -3.41. The largest absolute Gasteiger partial charge is 0.296 e. The molecule has 13 heteroatoms. The van der Waals surface area contributed by atoms with Crippen molar-refractivity contribution in [2.75, 3.05) is 5.32 Å². The number of nitro groups is 1. The summed E-state index contributed by atoms with van der Waals surface area (Å²) in [6.07, 6.45) is 1.28. The molecule has 0 saturated heterocycles. The predicted octanol–water partition coefficient (Wildman–Crippen LogP) is 3.70. The summed E-state index contributed by atoms with van der Waals surface area (Å²) in [5, 5.41) is 26.1. The van der Waals surface area contributed by atoms with Crippen LogP contribution in [0.4, 0.5) is 10.8 Å². The number of hydrazone groups is 1. The summed E-state index contributed by atoms with van der Waals surface area (Å²) in [5.74, 6) is -0.947. The number of nitro benzene ring substituents is 1. The van der Waals surface area contributed by atoms with E-state index in [0.717, 1.165) is 11.3 Å². The molecular weight excluding hydrogens is 467 g/mol. The molecule has 1 heterocycles. The molecule has 3 aromatic rings. The molecule has 0 aliphatic rings. The SMILES string of the molecule is O=C(Cc1nnc(NC(=O)c2ccc([N+](=O)[O-])cc2)s1)N/N=C/c1ccc(Cl)cc1Cl. The molecule has 3 rings (SSSR count). The molecule has 10 nitrogen and oxygen atoms in total. The van der Waals surface area contributed by atoms with Gasteiger partial charge in [0.2, 0.25) is 11.0 Å². The summed E-state index contributed by atoms with van der Waals surface area (Å²) in [4.78, 5) is 34.3. The number of rotatable bonds is 7. The molecule has 0 atom stereocenters. The van der Waals surface area contributed by atoms with E-state index in [1.807, 2.05) is 0 Å². The molecule has 0 fully saturated rings. The fourth-order valence-corrected chi connectivity index (χ4v) is 3.43. The molecule has 158 valence electrons. The van der Waals surface area contributed by atoms with Crippen LogP contribution in [0.1, 0.15) is 20.9 Å². The van der Waals surface area contributed by atoms with Gasteiger partial charge in [-0.05, 0) is 24.3 Å². The Bertz CT molecular complexity index is 1170. The number of hydrogen-bond donors (Lipinski definition) is 2. The molecule has 0 bridgehead atoms. The highest BCUT2D eigenvalue weighted by Gasteiger charge is 2.14. The van der Waals surface area contributed by atoms with Gasteiger partial charge in [0.15, 0.2) is 0 Å². The Labute approximate surface area is 189 Å². The number of amides is 2. The number of nitrogens with zero attached hydrogens (tertiary/aromatic N) is 4. The number of benzene rings is 2. The van der Waals surface area contributed by atoms with Crippen LogP contribution >= 0.6 is 34.5 Å². The van der Waals surface area contributed by atoms with Crippen LogP contribution in [-0.4, -0.2) is 33.1 Å². The number of hydrogen-bond acceptors (Lipinski definition) is 8. The van der Waals surface area contributed by atoms with Crippen LogP contribution < -0.4 is 10.7 Å². The van der Waals surface area contributed by atoms with Gasteiger partial charge in [-0.2, -0.15) is 5.10 Å². The number of nitrogens with one attached hydrogen (secondary N) is 2. The third-order valence-electron chi connectivity index (χ3n) is 3.69. The van der Waals surface area contributed by atoms with Crippen LogP contribution in [0.2, 0.25) is 10.0 Å². The summed E-state index contributed by atoms with van der Waals surface area (Å²) in [7, 11) is 0. The third kappa shape index (κ3) is 6.28. The summed E-state index contributed by atoms with van der Waals surface area (Å²) >= 11 is 12.8. The van der Waals surface area contributed by atoms with Crippen molar-refractivity contribution >= 4 is 63.4 Å². The third-order valence-corrected chi connectivity index (χ3v) is 5.10. The second-order valence-corrected chi connectivity index (χ2v) is 7.80. The van der Waals surface area contributed by atoms with Gasteiger partial charge in [-0.1, -0.05) is 40.6 Å². The van der Waals surface area contributed by atoms with Crippen LogP contribution in [0.25, 0.3) is 0 Å². The number of halogens is 2. The van der Waals surface area contributed by atoms with E-state index >= 15 is 0 Å². The van der Waals surface area contributed by atoms with E-state index in [2.05, 4.69) is 26.0 Å². The smallest absolute Gasteiger partial charge is 0.269 e. The zero-order chi connectivity index (χ0) is 22.4. The normalized spacial score (nSPS) is 10.8. The van der Waals surface area contributed by atoms with Gasteiger partial charge in [0.25, 0.3) is 11.6 Å². The van der Waals surface area contributed by atoms with Crippen molar-refractivity contribution in [3.8, 4) is 0 Å². The van der Waals surface area contributed by atoms with Gasteiger partial charge in [0.1, 0.15) is 5.01 Å². The van der Waals surface area contributed by atoms with E-state index in [4.69, 9.17) is 23.2 Å². The van der Waals surface area contributed by atoms with Gasteiger partial charge >= 0.3 is 0 Å². The lowest BCUT2D eigenvalue weighted by molar-refractivity contribution is -0.384. The van der Waals surface area contributed by atoms with E-state index in [1.54, 1.807) is 18.2 Å². The molecule has 0 saturated carbocycles. The first-order valence-electron chi connectivity index (χ1n) is 8.47. The lowest BCUT2D eigenvalue weighted by Gasteiger charge is -2.00. The average molecular weight is 479 g/mol. The minimum absolute atomic E-state index is 0.100. The van der Waals surface area contributed by atoms with E-state index in [9.17, 15) is 19.7 Å². The maximum atomic E-state index is 12.2. The van der Waals surface area contributed by atoms with Gasteiger partial charge in [-0.15, -0.1) is 10.2 Å². The van der Waals surface area contributed by atoms with Gasteiger partial charge in [-0.25, -0.2) is 5.43 Å². The lowest BCUT2D eigenvalue weighted by Crippen LogP contribution is -2.19. The second-order valence-electron chi connectivity index (χ2n) is 5.89. The van der Waals surface area contributed by atoms with Crippen molar-refractivity contribution in [1.29, 1.82) is 0 Å². The highest BCUT2D eigenvalue weighted by atomic mass is 35.5. The number of anilines is 1. The van der Waals surface area contributed by atoms with Gasteiger partial charge < -0.3 is 0 Å². The maximum Gasteiger partial charge on any atom is 0.269 e. The second kappa shape index (κ2) is 10.1. The Kier molecular flexibility index (Phi) is 7.23. The van der Waals surface area contributed by atoms with Crippen molar-refractivity contribution < 1.29 is 14.5 Å². The summed E-state index contributed by atoms with van der Waals surface area (Å²) in [6, 6.07) is 9.96. The topological polar surface area (TPSA) is 139 Å². The van der Waals surface area contributed by atoms with Gasteiger partial charge in [-0.3, -0.25) is 25.0 Å². The van der Waals surface area contributed by atoms with Crippen molar-refractivity contribution in [1.82, 2.24) is 15.6 Å². The molecule has 2 amide bonds. The number of carbonyl (C=O) groups is 2. The quantitative estimate of drug-likeness (QED) is 0.301. The minimum Gasteiger partial charge on any atom is -0.296 e. The Morgan fingerprint density at radius 1 is 1.16 bits per heavy atom. The zero-order valence-electron chi connectivity index (χ0n) is 15.4. The Balaban J connectivity index is 1.53. The first-order chi connectivity index (χ1) is 14.8. The Morgan fingerprint density at radius 3 is 2.58 bits per heavy atom.